The second-order valence-electron chi connectivity index (χ2n) is 8.00. The number of urea groups is 1. The number of amides is 2. The summed E-state index contributed by atoms with van der Waals surface area (Å²) in [5, 5.41) is 1.70. The van der Waals surface area contributed by atoms with Gasteiger partial charge in [-0.3, -0.25) is 4.90 Å². The monoisotopic (exact) mass is 457 g/mol. The number of carbonyl (C=O) groups is 1. The zero-order valence-electron chi connectivity index (χ0n) is 18.0. The van der Waals surface area contributed by atoms with E-state index in [0.717, 1.165) is 22.2 Å². The van der Waals surface area contributed by atoms with Gasteiger partial charge in [0.2, 0.25) is 0 Å². The van der Waals surface area contributed by atoms with E-state index < -0.39 is 11.6 Å². The molecule has 164 valence electrons. The van der Waals surface area contributed by atoms with E-state index >= 15 is 0 Å². The van der Waals surface area contributed by atoms with Crippen molar-refractivity contribution in [2.75, 3.05) is 0 Å². The molecule has 0 saturated carbocycles. The molecule has 1 heterocycles. The zero-order valence-corrected chi connectivity index (χ0v) is 19.6. The van der Waals surface area contributed by atoms with Gasteiger partial charge >= 0.3 is 6.03 Å². The molecular formula is C24H28ClN3O2S. The van der Waals surface area contributed by atoms with Crippen LogP contribution in [-0.4, -0.2) is 26.7 Å². The lowest BCUT2D eigenvalue weighted by Gasteiger charge is -2.41. The average molecular weight is 458 g/mol. The molecule has 3 rings (SSSR count). The molecule has 2 aromatic carbocycles. The summed E-state index contributed by atoms with van der Waals surface area (Å²) in [4.78, 5) is 17.2. The number of para-hydroxylation sites is 2. The summed E-state index contributed by atoms with van der Waals surface area (Å²) >= 11 is 7.57. The van der Waals surface area contributed by atoms with E-state index in [1.807, 2.05) is 75.5 Å². The number of fused-ring (bicyclic) bond motifs is 1. The van der Waals surface area contributed by atoms with Crippen LogP contribution in [0.4, 0.5) is 4.79 Å². The van der Waals surface area contributed by atoms with Gasteiger partial charge in [0.05, 0.1) is 33.4 Å². The van der Waals surface area contributed by atoms with Crippen LogP contribution in [0, 0.1) is 0 Å². The number of hydrogen-bond donors (Lipinski definition) is 2. The standard InChI is InChI=1S/C24H28ClN3O2S/c1-16(13-14-18-15-27-22-20(18)11-8-12-21(22)25)28(23(26)29)24(3,4)17(2)31-30-19-9-6-5-7-10-19/h5-12,15,17,27H,1,13-14H2,2-4H3,(H2,26,29). The minimum Gasteiger partial charge on any atom is -0.425 e. The van der Waals surface area contributed by atoms with Crippen molar-refractivity contribution in [1.82, 2.24) is 9.88 Å². The highest BCUT2D eigenvalue weighted by atomic mass is 35.5. The molecule has 0 spiro atoms. The molecule has 7 heteroatoms. The number of aromatic amines is 1. The average Bonchev–Trinajstić information content (AvgIpc) is 3.15. The largest absolute Gasteiger partial charge is 0.425 e. The lowest BCUT2D eigenvalue weighted by atomic mass is 9.96. The quantitative estimate of drug-likeness (QED) is 0.358. The fourth-order valence-corrected chi connectivity index (χ4v) is 4.46. The van der Waals surface area contributed by atoms with E-state index in [1.165, 1.54) is 12.0 Å². The van der Waals surface area contributed by atoms with E-state index in [2.05, 4.69) is 11.6 Å². The van der Waals surface area contributed by atoms with Gasteiger partial charge in [0, 0.05) is 17.3 Å². The lowest BCUT2D eigenvalue weighted by Crippen LogP contribution is -2.54. The number of nitrogens with zero attached hydrogens (tertiary/aromatic N) is 1. The first-order valence-corrected chi connectivity index (χ1v) is 11.3. The third-order valence-electron chi connectivity index (χ3n) is 5.57. The number of aryl methyl sites for hydroxylation is 1. The smallest absolute Gasteiger partial charge is 0.319 e. The van der Waals surface area contributed by atoms with Crippen LogP contribution in [0.1, 0.15) is 32.8 Å². The molecular weight excluding hydrogens is 430 g/mol. The minimum atomic E-state index is -0.605. The number of allylic oxidation sites excluding steroid dienone is 1. The number of aromatic nitrogens is 1. The summed E-state index contributed by atoms with van der Waals surface area (Å²) in [6.07, 6.45) is 3.25. The molecule has 0 aliphatic carbocycles. The van der Waals surface area contributed by atoms with Crippen molar-refractivity contribution in [3.05, 3.63) is 77.6 Å². The number of carbonyl (C=O) groups excluding carboxylic acids is 1. The maximum atomic E-state index is 12.4. The summed E-state index contributed by atoms with van der Waals surface area (Å²) in [5.41, 5.74) is 7.88. The zero-order chi connectivity index (χ0) is 22.6. The highest BCUT2D eigenvalue weighted by molar-refractivity contribution is 7.95. The van der Waals surface area contributed by atoms with Gasteiger partial charge in [0.15, 0.2) is 0 Å². The number of nitrogens with one attached hydrogen (secondary N) is 1. The number of hydrogen-bond acceptors (Lipinski definition) is 3. The van der Waals surface area contributed by atoms with Crippen LogP contribution in [0.3, 0.4) is 0 Å². The molecule has 0 fully saturated rings. The third kappa shape index (κ3) is 5.20. The second kappa shape index (κ2) is 9.71. The van der Waals surface area contributed by atoms with Gasteiger partial charge in [0.1, 0.15) is 5.75 Å². The second-order valence-corrected chi connectivity index (χ2v) is 9.48. The topological polar surface area (TPSA) is 71.3 Å². The highest BCUT2D eigenvalue weighted by Gasteiger charge is 2.38. The first kappa shape index (κ1) is 23.1. The molecule has 31 heavy (non-hydrogen) atoms. The molecule has 0 bridgehead atoms. The Bertz CT molecular complexity index is 1070. The fourth-order valence-electron chi connectivity index (χ4n) is 3.52. The Hall–Kier alpha value is -2.57. The first-order valence-electron chi connectivity index (χ1n) is 10.1. The van der Waals surface area contributed by atoms with Crippen molar-refractivity contribution < 1.29 is 8.98 Å². The van der Waals surface area contributed by atoms with E-state index in [9.17, 15) is 4.79 Å². The minimum absolute atomic E-state index is 0.0659. The number of rotatable bonds is 9. The Morgan fingerprint density at radius 1 is 1.26 bits per heavy atom. The number of benzene rings is 2. The van der Waals surface area contributed by atoms with Crippen LogP contribution in [0.2, 0.25) is 5.02 Å². The molecule has 1 atom stereocenters. The summed E-state index contributed by atoms with van der Waals surface area (Å²) < 4.78 is 5.83. The molecule has 0 radical (unpaired) electrons. The Morgan fingerprint density at radius 2 is 1.97 bits per heavy atom. The van der Waals surface area contributed by atoms with Gasteiger partial charge in [-0.15, -0.1) is 0 Å². The van der Waals surface area contributed by atoms with Crippen LogP contribution >= 0.6 is 23.6 Å². The van der Waals surface area contributed by atoms with Crippen molar-refractivity contribution in [3.8, 4) is 5.75 Å². The summed E-state index contributed by atoms with van der Waals surface area (Å²) in [7, 11) is 0. The molecule has 2 amide bonds. The van der Waals surface area contributed by atoms with E-state index in [-0.39, 0.29) is 5.25 Å². The predicted octanol–water partition coefficient (Wildman–Crippen LogP) is 6.54. The summed E-state index contributed by atoms with van der Waals surface area (Å²) in [5.74, 6) is 0.762. The van der Waals surface area contributed by atoms with Gasteiger partial charge in [-0.2, -0.15) is 0 Å². The van der Waals surface area contributed by atoms with Gasteiger partial charge in [-0.05, 0) is 57.4 Å². The van der Waals surface area contributed by atoms with E-state index in [0.29, 0.717) is 23.6 Å². The van der Waals surface area contributed by atoms with Gasteiger partial charge in [-0.25, -0.2) is 4.79 Å². The third-order valence-corrected chi connectivity index (χ3v) is 7.04. The fraction of sp³-hybridized carbons (Fsp3) is 0.292. The Balaban J connectivity index is 1.69. The van der Waals surface area contributed by atoms with Crippen molar-refractivity contribution in [1.29, 1.82) is 0 Å². The number of nitrogens with two attached hydrogens (primary N) is 1. The Morgan fingerprint density at radius 3 is 2.65 bits per heavy atom. The van der Waals surface area contributed by atoms with Crippen molar-refractivity contribution in [3.63, 3.8) is 0 Å². The molecule has 0 aliphatic rings. The number of H-pyrrole nitrogens is 1. The number of primary amides is 1. The molecule has 0 aliphatic heterocycles. The van der Waals surface area contributed by atoms with Crippen molar-refractivity contribution in [2.45, 2.75) is 44.4 Å². The summed E-state index contributed by atoms with van der Waals surface area (Å²) in [6, 6.07) is 14.9. The SMILES string of the molecule is C=C(CCc1c[nH]c2c(Cl)cccc12)N(C(N)=O)C(C)(C)C(C)SOc1ccccc1. The molecule has 5 nitrogen and oxygen atoms in total. The predicted molar refractivity (Wildman–Crippen MR) is 130 cm³/mol. The molecule has 3 N–H and O–H groups in total. The van der Waals surface area contributed by atoms with E-state index in [1.54, 1.807) is 4.90 Å². The Kier molecular flexibility index (Phi) is 7.23. The molecule has 1 unspecified atom stereocenters. The van der Waals surface area contributed by atoms with Crippen LogP contribution in [0.15, 0.2) is 67.0 Å². The van der Waals surface area contributed by atoms with E-state index in [4.69, 9.17) is 21.5 Å². The number of halogens is 1. The van der Waals surface area contributed by atoms with Gasteiger partial charge in [-0.1, -0.05) is 48.5 Å². The normalized spacial score (nSPS) is 12.5. The molecule has 0 saturated heterocycles. The van der Waals surface area contributed by atoms with Crippen molar-refractivity contribution >= 4 is 40.6 Å². The lowest BCUT2D eigenvalue weighted by molar-refractivity contribution is 0.166. The maximum absolute atomic E-state index is 12.4. The van der Waals surface area contributed by atoms with Crippen LogP contribution in [0.25, 0.3) is 10.9 Å². The Labute approximate surface area is 192 Å². The summed E-state index contributed by atoms with van der Waals surface area (Å²) in [6.45, 7) is 10.1. The van der Waals surface area contributed by atoms with Crippen LogP contribution in [0.5, 0.6) is 5.75 Å². The van der Waals surface area contributed by atoms with Crippen LogP contribution < -0.4 is 9.92 Å². The van der Waals surface area contributed by atoms with Gasteiger partial charge in [0.25, 0.3) is 0 Å². The van der Waals surface area contributed by atoms with Crippen LogP contribution in [-0.2, 0) is 6.42 Å². The maximum Gasteiger partial charge on any atom is 0.319 e. The van der Waals surface area contributed by atoms with Gasteiger partial charge < -0.3 is 14.9 Å². The highest BCUT2D eigenvalue weighted by Crippen LogP contribution is 2.34. The molecule has 3 aromatic rings. The van der Waals surface area contributed by atoms with Crippen molar-refractivity contribution in [2.24, 2.45) is 5.73 Å². The molecule has 1 aromatic heterocycles. The first-order chi connectivity index (χ1) is 14.7.